The molecule has 0 atom stereocenters. The first-order valence-electron chi connectivity index (χ1n) is 22.1. The molecule has 0 unspecified atom stereocenters. The molecule has 0 rings (SSSR count). The molecule has 0 aromatic heterocycles. The van der Waals surface area contributed by atoms with Gasteiger partial charge < -0.3 is 27.4 Å². The van der Waals surface area contributed by atoms with Crippen LogP contribution in [0, 0.1) is 0 Å². The molecule has 0 aromatic carbocycles. The monoisotopic (exact) mass is 781 g/mol. The number of hydrogen-bond donors (Lipinski definition) is 5. The molecule has 0 fully saturated rings. The molecule has 9 N–H and O–H groups in total. The highest BCUT2D eigenvalue weighted by molar-refractivity contribution is 5.76. The number of allylic oxidation sites excluding steroid dienone is 3. The number of carbonyl (C=O) groups is 3. The lowest BCUT2D eigenvalue weighted by atomic mass is 10.1. The van der Waals surface area contributed by atoms with E-state index in [9.17, 15) is 14.4 Å². The molecule has 0 saturated heterocycles. The molecule has 0 heterocycles. The van der Waals surface area contributed by atoms with E-state index < -0.39 is 5.97 Å². The maximum atomic E-state index is 12.1. The number of hydrazine groups is 1. The lowest BCUT2D eigenvalue weighted by Crippen LogP contribution is -2.38. The highest BCUT2D eigenvalue weighted by atomic mass is 16.4. The predicted molar refractivity (Wildman–Crippen MR) is 235 cm³/mol. The van der Waals surface area contributed by atoms with Crippen LogP contribution in [0.3, 0.4) is 0 Å². The van der Waals surface area contributed by atoms with E-state index in [1.807, 2.05) is 18.2 Å². The van der Waals surface area contributed by atoms with Crippen molar-refractivity contribution in [3.8, 4) is 0 Å². The number of aliphatic carboxylic acids is 1. The van der Waals surface area contributed by atoms with Gasteiger partial charge in [-0.2, -0.15) is 0 Å². The highest BCUT2D eigenvalue weighted by Gasteiger charge is 2.08. The van der Waals surface area contributed by atoms with Crippen molar-refractivity contribution in [2.45, 2.75) is 205 Å². The molecule has 0 radical (unpaired) electrons. The van der Waals surface area contributed by atoms with Gasteiger partial charge in [0, 0.05) is 32.4 Å². The second kappa shape index (κ2) is 53.6. The standard InChI is InChI=1S/C28H53N3O2.C11H20O2.C6H16N2.H2O/c1-3-5-7-9-11-13-15-19-23-27(32)30-25-21-17-18-22-26-31(29)28(33)24-20-16-14-12-10-8-6-4-2;1-2-3-4-5-6-7-8-9-10-11(12)13;7-5-3-1-2-4-6-8;/h3-4H,1-2,5-26,29H2,(H,30,32);2H,1,3-10H2,(H,12,13);1-8H2;1H2/p-1. The van der Waals surface area contributed by atoms with Crippen molar-refractivity contribution in [1.29, 1.82) is 0 Å². The van der Waals surface area contributed by atoms with E-state index in [0.29, 0.717) is 25.8 Å². The fraction of sp³-hybridized carbons (Fsp3) is 0.800. The Morgan fingerprint density at radius 1 is 0.491 bits per heavy atom. The van der Waals surface area contributed by atoms with Crippen LogP contribution < -0.4 is 22.6 Å². The van der Waals surface area contributed by atoms with Crippen LogP contribution in [0.5, 0.6) is 0 Å². The minimum atomic E-state index is -0.674. The molecule has 0 saturated carbocycles. The molecule has 10 heteroatoms. The maximum absolute atomic E-state index is 12.1. The Labute approximate surface area is 339 Å². The Hall–Kier alpha value is -2.53. The first-order chi connectivity index (χ1) is 26.3. The summed E-state index contributed by atoms with van der Waals surface area (Å²) in [6.45, 7) is 14.2. The van der Waals surface area contributed by atoms with Crippen LogP contribution in [-0.2, 0) is 14.4 Å². The van der Waals surface area contributed by atoms with E-state index >= 15 is 0 Å². The number of unbranched alkanes of at least 4 members (excludes halogenated alkanes) is 24. The Morgan fingerprint density at radius 3 is 1.25 bits per heavy atom. The molecule has 0 aliphatic rings. The molecule has 0 aliphatic heterocycles. The normalized spacial score (nSPS) is 10.2. The first-order valence-corrected chi connectivity index (χ1v) is 22.1. The Morgan fingerprint density at radius 2 is 0.836 bits per heavy atom. The minimum Gasteiger partial charge on any atom is -0.870 e. The Bertz CT molecular complexity index is 836. The molecular formula is C45H90N5O5-. The Kier molecular flexibility index (Phi) is 57.6. The van der Waals surface area contributed by atoms with Crippen molar-refractivity contribution < 1.29 is 25.0 Å². The average Bonchev–Trinajstić information content (AvgIpc) is 3.16. The van der Waals surface area contributed by atoms with Gasteiger partial charge in [-0.05, 0) is 96.6 Å². The van der Waals surface area contributed by atoms with Crippen molar-refractivity contribution in [3.05, 3.63) is 38.0 Å². The summed E-state index contributed by atoms with van der Waals surface area (Å²) >= 11 is 0. The lowest BCUT2D eigenvalue weighted by Gasteiger charge is -2.16. The predicted octanol–water partition coefficient (Wildman–Crippen LogP) is 10.6. The first kappa shape index (κ1) is 59.2. The summed E-state index contributed by atoms with van der Waals surface area (Å²) < 4.78 is 0. The number of amides is 2. The zero-order valence-electron chi connectivity index (χ0n) is 35.6. The molecular weight excluding hydrogens is 691 g/mol. The van der Waals surface area contributed by atoms with E-state index in [2.05, 4.69) is 25.1 Å². The zero-order chi connectivity index (χ0) is 40.6. The van der Waals surface area contributed by atoms with Crippen molar-refractivity contribution >= 4 is 17.8 Å². The van der Waals surface area contributed by atoms with Crippen LogP contribution in [0.1, 0.15) is 205 Å². The van der Waals surface area contributed by atoms with Gasteiger partial charge in [0.25, 0.3) is 0 Å². The largest absolute Gasteiger partial charge is 0.870 e. The van der Waals surface area contributed by atoms with E-state index in [0.717, 1.165) is 116 Å². The summed E-state index contributed by atoms with van der Waals surface area (Å²) in [5.41, 5.74) is 10.6. The molecule has 326 valence electrons. The van der Waals surface area contributed by atoms with Gasteiger partial charge in [-0.15, -0.1) is 19.7 Å². The molecule has 0 spiro atoms. The van der Waals surface area contributed by atoms with Gasteiger partial charge in [0.05, 0.1) is 0 Å². The van der Waals surface area contributed by atoms with E-state index in [1.165, 1.54) is 94.9 Å². The number of nitrogens with zero attached hydrogens (tertiary/aromatic N) is 1. The van der Waals surface area contributed by atoms with Gasteiger partial charge in [-0.3, -0.25) is 19.4 Å². The van der Waals surface area contributed by atoms with E-state index in [4.69, 9.17) is 22.4 Å². The number of nitrogens with one attached hydrogen (secondary N) is 1. The number of carboxylic acid groups (broad SMARTS) is 1. The van der Waals surface area contributed by atoms with Gasteiger partial charge in [0.1, 0.15) is 0 Å². The third-order valence-electron chi connectivity index (χ3n) is 9.29. The second-order valence-corrected chi connectivity index (χ2v) is 14.6. The van der Waals surface area contributed by atoms with Crippen LogP contribution >= 0.6 is 0 Å². The smallest absolute Gasteiger partial charge is 0.303 e. The van der Waals surface area contributed by atoms with E-state index in [-0.39, 0.29) is 17.3 Å². The number of rotatable bonds is 39. The summed E-state index contributed by atoms with van der Waals surface area (Å²) in [4.78, 5) is 34.1. The molecule has 0 bridgehead atoms. The van der Waals surface area contributed by atoms with Crippen LogP contribution in [0.15, 0.2) is 38.0 Å². The summed E-state index contributed by atoms with van der Waals surface area (Å²) in [6, 6.07) is 0. The van der Waals surface area contributed by atoms with Gasteiger partial charge >= 0.3 is 5.97 Å². The van der Waals surface area contributed by atoms with Gasteiger partial charge in [0.15, 0.2) is 0 Å². The third-order valence-corrected chi connectivity index (χ3v) is 9.29. The summed E-state index contributed by atoms with van der Waals surface area (Å²) in [6.07, 6.45) is 40.4. The summed E-state index contributed by atoms with van der Waals surface area (Å²) in [7, 11) is 0. The fourth-order valence-electron chi connectivity index (χ4n) is 5.81. The molecule has 0 aliphatic carbocycles. The third kappa shape index (κ3) is 58.3. The number of carboxylic acids is 1. The molecule has 0 aromatic rings. The second-order valence-electron chi connectivity index (χ2n) is 14.6. The SMILES string of the molecule is C=CCCCCCCCCC(=O)NCCCCCCN(N)C(=O)CCCCCCCCC=C.C=CCCCCCCCCC(=O)O.NCCCCCCN.[OH-]. The number of nitrogens with two attached hydrogens (primary N) is 3. The van der Waals surface area contributed by atoms with Crippen LogP contribution in [0.2, 0.25) is 0 Å². The fourth-order valence-corrected chi connectivity index (χ4v) is 5.81. The number of hydrogen-bond acceptors (Lipinski definition) is 7. The van der Waals surface area contributed by atoms with Crippen LogP contribution in [-0.4, -0.2) is 59.6 Å². The topological polar surface area (TPSA) is 195 Å². The quantitative estimate of drug-likeness (QED) is 0.0134. The molecule has 2 amide bonds. The Balaban J connectivity index is -0.000000482. The van der Waals surface area contributed by atoms with Crippen molar-refractivity contribution in [2.24, 2.45) is 17.3 Å². The zero-order valence-corrected chi connectivity index (χ0v) is 35.6. The van der Waals surface area contributed by atoms with Gasteiger partial charge in [-0.1, -0.05) is 121 Å². The van der Waals surface area contributed by atoms with Gasteiger partial charge in [0.2, 0.25) is 11.8 Å². The van der Waals surface area contributed by atoms with Crippen molar-refractivity contribution in [1.82, 2.24) is 10.3 Å². The maximum Gasteiger partial charge on any atom is 0.303 e. The lowest BCUT2D eigenvalue weighted by molar-refractivity contribution is -0.137. The summed E-state index contributed by atoms with van der Waals surface area (Å²) in [5.74, 6) is 5.47. The van der Waals surface area contributed by atoms with E-state index in [1.54, 1.807) is 0 Å². The summed E-state index contributed by atoms with van der Waals surface area (Å²) in [5, 5.41) is 12.8. The van der Waals surface area contributed by atoms with Crippen molar-refractivity contribution in [3.63, 3.8) is 0 Å². The highest BCUT2D eigenvalue weighted by Crippen LogP contribution is 2.11. The van der Waals surface area contributed by atoms with Crippen LogP contribution in [0.25, 0.3) is 0 Å². The molecule has 55 heavy (non-hydrogen) atoms. The van der Waals surface area contributed by atoms with Crippen LogP contribution in [0.4, 0.5) is 0 Å². The average molecular weight is 781 g/mol. The van der Waals surface area contributed by atoms with Gasteiger partial charge in [-0.25, -0.2) is 5.84 Å². The van der Waals surface area contributed by atoms with Crippen molar-refractivity contribution in [2.75, 3.05) is 26.2 Å². The number of carbonyl (C=O) groups excluding carboxylic acids is 2. The minimum absolute atomic E-state index is 0. The molecule has 10 nitrogen and oxygen atoms in total.